The second-order valence-corrected chi connectivity index (χ2v) is 5.54. The number of ether oxygens (including phenoxy) is 1. The zero-order valence-electron chi connectivity index (χ0n) is 12.3. The van der Waals surface area contributed by atoms with Gasteiger partial charge in [-0.25, -0.2) is 0 Å². The van der Waals surface area contributed by atoms with Gasteiger partial charge in [-0.2, -0.15) is 0 Å². The Morgan fingerprint density at radius 2 is 1.95 bits per heavy atom. The number of hydrogen-bond donors (Lipinski definition) is 0. The molecule has 0 saturated heterocycles. The van der Waals surface area contributed by atoms with E-state index in [-0.39, 0.29) is 17.6 Å². The molecule has 1 aliphatic carbocycles. The lowest BCUT2D eigenvalue weighted by Crippen LogP contribution is -2.18. The summed E-state index contributed by atoms with van der Waals surface area (Å²) in [5.74, 6) is 0.0155. The summed E-state index contributed by atoms with van der Waals surface area (Å²) in [6.07, 6.45) is 5.53. The van der Waals surface area contributed by atoms with Gasteiger partial charge in [0.05, 0.1) is 17.4 Å². The number of carbonyl (C=O) groups is 1. The molecule has 0 aromatic heterocycles. The fourth-order valence-electron chi connectivity index (χ4n) is 3.02. The Kier molecular flexibility index (Phi) is 5.31. The molecule has 0 N–H and O–H groups in total. The minimum absolute atomic E-state index is 0.0437. The average molecular weight is 291 g/mol. The van der Waals surface area contributed by atoms with Crippen LogP contribution < -0.4 is 0 Å². The van der Waals surface area contributed by atoms with Crippen molar-refractivity contribution in [2.24, 2.45) is 5.92 Å². The molecule has 1 saturated carbocycles. The van der Waals surface area contributed by atoms with Gasteiger partial charge in [0.2, 0.25) is 0 Å². The van der Waals surface area contributed by atoms with Crippen LogP contribution in [0.3, 0.4) is 0 Å². The van der Waals surface area contributed by atoms with E-state index in [1.54, 1.807) is 19.1 Å². The molecule has 21 heavy (non-hydrogen) atoms. The molecule has 0 radical (unpaired) electrons. The highest BCUT2D eigenvalue weighted by Crippen LogP contribution is 2.35. The maximum atomic E-state index is 12.2. The monoisotopic (exact) mass is 291 g/mol. The lowest BCUT2D eigenvalue weighted by Gasteiger charge is -2.19. The number of nitro groups is 1. The van der Waals surface area contributed by atoms with Crippen LogP contribution in [0.25, 0.3) is 0 Å². The third-order valence-corrected chi connectivity index (χ3v) is 4.12. The Hall–Kier alpha value is -1.91. The van der Waals surface area contributed by atoms with E-state index in [0.717, 1.165) is 24.8 Å². The van der Waals surface area contributed by atoms with Crippen molar-refractivity contribution in [1.29, 1.82) is 0 Å². The summed E-state index contributed by atoms with van der Waals surface area (Å²) in [7, 11) is 0. The SMILES string of the molecule is CCOC(=O)[C@H](CC1CCCC1)c1ccc([N+](=O)[O-])cc1. The fraction of sp³-hybridized carbons (Fsp3) is 0.562. The lowest BCUT2D eigenvalue weighted by molar-refractivity contribution is -0.384. The predicted octanol–water partition coefficient (Wildman–Crippen LogP) is 3.82. The molecule has 1 atom stereocenters. The Morgan fingerprint density at radius 3 is 2.48 bits per heavy atom. The van der Waals surface area contributed by atoms with Crippen molar-refractivity contribution in [3.05, 3.63) is 39.9 Å². The fourth-order valence-corrected chi connectivity index (χ4v) is 3.02. The van der Waals surface area contributed by atoms with Crippen LogP contribution in [0, 0.1) is 16.0 Å². The van der Waals surface area contributed by atoms with Gasteiger partial charge in [0.15, 0.2) is 0 Å². The van der Waals surface area contributed by atoms with E-state index in [1.165, 1.54) is 25.0 Å². The minimum Gasteiger partial charge on any atom is -0.466 e. The van der Waals surface area contributed by atoms with Crippen molar-refractivity contribution in [1.82, 2.24) is 0 Å². The number of benzene rings is 1. The van der Waals surface area contributed by atoms with Gasteiger partial charge >= 0.3 is 5.97 Å². The Labute approximate surface area is 124 Å². The highest BCUT2D eigenvalue weighted by Gasteiger charge is 2.27. The summed E-state index contributed by atoms with van der Waals surface area (Å²) in [6, 6.07) is 6.26. The van der Waals surface area contributed by atoms with Crippen molar-refractivity contribution >= 4 is 11.7 Å². The molecule has 0 spiro atoms. The Morgan fingerprint density at radius 1 is 1.33 bits per heavy atom. The molecule has 0 bridgehead atoms. The van der Waals surface area contributed by atoms with Crippen LogP contribution in [0.5, 0.6) is 0 Å². The van der Waals surface area contributed by atoms with Crippen LogP contribution in [-0.4, -0.2) is 17.5 Å². The van der Waals surface area contributed by atoms with Crippen LogP contribution in [0.2, 0.25) is 0 Å². The number of esters is 1. The van der Waals surface area contributed by atoms with Crippen LogP contribution in [0.1, 0.15) is 50.5 Å². The maximum absolute atomic E-state index is 12.2. The summed E-state index contributed by atoms with van der Waals surface area (Å²) in [5, 5.41) is 10.7. The molecule has 1 aromatic rings. The van der Waals surface area contributed by atoms with E-state index in [4.69, 9.17) is 4.74 Å². The summed E-state index contributed by atoms with van der Waals surface area (Å²) in [5.41, 5.74) is 0.855. The number of non-ortho nitro benzene ring substituents is 1. The smallest absolute Gasteiger partial charge is 0.313 e. The molecule has 0 unspecified atom stereocenters. The average Bonchev–Trinajstić information content (AvgIpc) is 2.98. The van der Waals surface area contributed by atoms with E-state index < -0.39 is 4.92 Å². The van der Waals surface area contributed by atoms with Crippen molar-refractivity contribution < 1.29 is 14.5 Å². The topological polar surface area (TPSA) is 69.4 Å². The van der Waals surface area contributed by atoms with E-state index in [0.29, 0.717) is 12.5 Å². The molecule has 1 aliphatic rings. The number of carbonyl (C=O) groups excluding carboxylic acids is 1. The first-order valence-electron chi connectivity index (χ1n) is 7.52. The van der Waals surface area contributed by atoms with Crippen molar-refractivity contribution in [2.45, 2.75) is 44.9 Å². The summed E-state index contributed by atoms with van der Waals surface area (Å²) in [6.45, 7) is 2.15. The van der Waals surface area contributed by atoms with Gasteiger partial charge in [-0.3, -0.25) is 14.9 Å². The van der Waals surface area contributed by atoms with Gasteiger partial charge in [-0.05, 0) is 24.8 Å². The quantitative estimate of drug-likeness (QED) is 0.454. The number of hydrogen-bond acceptors (Lipinski definition) is 4. The van der Waals surface area contributed by atoms with Crippen molar-refractivity contribution in [2.75, 3.05) is 6.61 Å². The number of rotatable bonds is 6. The highest BCUT2D eigenvalue weighted by atomic mass is 16.6. The Bertz CT molecular complexity index is 492. The van der Waals surface area contributed by atoms with E-state index in [2.05, 4.69) is 0 Å². The minimum atomic E-state index is -0.430. The largest absolute Gasteiger partial charge is 0.466 e. The molecule has 114 valence electrons. The predicted molar refractivity (Wildman–Crippen MR) is 79.0 cm³/mol. The molecule has 1 aromatic carbocycles. The summed E-state index contributed by atoms with van der Waals surface area (Å²) >= 11 is 0. The molecular weight excluding hydrogens is 270 g/mol. The van der Waals surface area contributed by atoms with Gasteiger partial charge in [-0.1, -0.05) is 37.8 Å². The summed E-state index contributed by atoms with van der Waals surface area (Å²) < 4.78 is 5.17. The molecular formula is C16H21NO4. The highest BCUT2D eigenvalue weighted by molar-refractivity contribution is 5.78. The molecule has 1 fully saturated rings. The first kappa shape index (κ1) is 15.5. The van der Waals surface area contributed by atoms with Gasteiger partial charge in [0.1, 0.15) is 0 Å². The zero-order chi connectivity index (χ0) is 15.2. The molecule has 5 nitrogen and oxygen atoms in total. The van der Waals surface area contributed by atoms with Gasteiger partial charge in [-0.15, -0.1) is 0 Å². The van der Waals surface area contributed by atoms with Crippen molar-refractivity contribution in [3.8, 4) is 0 Å². The number of nitro benzene ring substituents is 1. The summed E-state index contributed by atoms with van der Waals surface area (Å²) in [4.78, 5) is 22.5. The molecule has 0 heterocycles. The first-order valence-corrected chi connectivity index (χ1v) is 7.52. The zero-order valence-corrected chi connectivity index (χ0v) is 12.3. The Balaban J connectivity index is 2.16. The van der Waals surface area contributed by atoms with E-state index in [9.17, 15) is 14.9 Å². The molecule has 0 amide bonds. The first-order chi connectivity index (χ1) is 10.1. The normalized spacial score (nSPS) is 16.6. The third-order valence-electron chi connectivity index (χ3n) is 4.12. The van der Waals surface area contributed by atoms with Crippen molar-refractivity contribution in [3.63, 3.8) is 0 Å². The standard InChI is InChI=1S/C16H21NO4/c1-2-21-16(18)15(11-12-5-3-4-6-12)13-7-9-14(10-8-13)17(19)20/h7-10,12,15H,2-6,11H2,1H3/t15-/m1/s1. The second kappa shape index (κ2) is 7.20. The second-order valence-electron chi connectivity index (χ2n) is 5.54. The van der Waals surface area contributed by atoms with Gasteiger partial charge in [0, 0.05) is 12.1 Å². The lowest BCUT2D eigenvalue weighted by atomic mass is 9.88. The van der Waals surface area contributed by atoms with E-state index >= 15 is 0 Å². The maximum Gasteiger partial charge on any atom is 0.313 e. The molecule has 0 aliphatic heterocycles. The van der Waals surface area contributed by atoms with Gasteiger partial charge < -0.3 is 4.74 Å². The van der Waals surface area contributed by atoms with E-state index in [1.807, 2.05) is 0 Å². The molecule has 2 rings (SSSR count). The van der Waals surface area contributed by atoms with Crippen LogP contribution in [0.15, 0.2) is 24.3 Å². The van der Waals surface area contributed by atoms with Crippen LogP contribution in [-0.2, 0) is 9.53 Å². The van der Waals surface area contributed by atoms with Crippen LogP contribution in [0.4, 0.5) is 5.69 Å². The van der Waals surface area contributed by atoms with Crippen LogP contribution >= 0.6 is 0 Å². The third kappa shape index (κ3) is 4.03. The number of nitrogens with zero attached hydrogens (tertiary/aromatic N) is 1. The molecule has 5 heteroatoms. The van der Waals surface area contributed by atoms with Gasteiger partial charge in [0.25, 0.3) is 5.69 Å².